The molecule has 6 nitrogen and oxygen atoms in total. The number of hydrogen-bond donors (Lipinski definition) is 2. The van der Waals surface area contributed by atoms with E-state index in [4.69, 9.17) is 5.11 Å². The quantitative estimate of drug-likeness (QED) is 0.685. The zero-order chi connectivity index (χ0) is 21.8. The van der Waals surface area contributed by atoms with Crippen LogP contribution in [0.1, 0.15) is 12.8 Å². The molecular formula is C17H19F6N3O3. The number of amides is 2. The van der Waals surface area contributed by atoms with Gasteiger partial charge in [0.15, 0.2) is 0 Å². The van der Waals surface area contributed by atoms with Crippen molar-refractivity contribution in [1.82, 2.24) is 4.90 Å². The average Bonchev–Trinajstić information content (AvgIpc) is 2.73. The summed E-state index contributed by atoms with van der Waals surface area (Å²) >= 11 is 0. The standard InChI is InChI=1S/C17H19F6N3O3/c18-16(19,20)10-25(6-3-7-27)9-15(29)26-12-5-2-1-4-11(12)24-14(28)8-13(26)17(21,22)23/h1-2,4-5,13,27H,3,6-10H2,(H,24,28). The van der Waals surface area contributed by atoms with Crippen molar-refractivity contribution in [3.63, 3.8) is 0 Å². The fraction of sp³-hybridized carbons (Fsp3) is 0.529. The van der Waals surface area contributed by atoms with Crippen LogP contribution in [-0.4, -0.2) is 66.5 Å². The van der Waals surface area contributed by atoms with Gasteiger partial charge < -0.3 is 10.4 Å². The number of para-hydroxylation sites is 2. The van der Waals surface area contributed by atoms with Crippen molar-refractivity contribution in [3.8, 4) is 0 Å². The van der Waals surface area contributed by atoms with Crippen LogP contribution < -0.4 is 10.2 Å². The summed E-state index contributed by atoms with van der Waals surface area (Å²) in [4.78, 5) is 25.6. The van der Waals surface area contributed by atoms with E-state index in [1.807, 2.05) is 0 Å². The highest BCUT2D eigenvalue weighted by Gasteiger charge is 2.49. The van der Waals surface area contributed by atoms with Crippen molar-refractivity contribution < 1.29 is 41.0 Å². The Balaban J connectivity index is 2.39. The van der Waals surface area contributed by atoms with E-state index in [0.717, 1.165) is 0 Å². The first-order valence-corrected chi connectivity index (χ1v) is 8.60. The summed E-state index contributed by atoms with van der Waals surface area (Å²) in [5.74, 6) is -2.21. The molecular weight excluding hydrogens is 408 g/mol. The third-order valence-electron chi connectivity index (χ3n) is 4.17. The van der Waals surface area contributed by atoms with E-state index in [-0.39, 0.29) is 24.3 Å². The van der Waals surface area contributed by atoms with Gasteiger partial charge in [-0.15, -0.1) is 0 Å². The van der Waals surface area contributed by atoms with E-state index in [0.29, 0.717) is 9.80 Å². The highest BCUT2D eigenvalue weighted by Crippen LogP contribution is 2.37. The van der Waals surface area contributed by atoms with Gasteiger partial charge in [0.2, 0.25) is 11.8 Å². The van der Waals surface area contributed by atoms with Crippen molar-refractivity contribution in [2.75, 3.05) is 36.5 Å². The number of anilines is 2. The zero-order valence-electron chi connectivity index (χ0n) is 15.1. The summed E-state index contributed by atoms with van der Waals surface area (Å²) in [5.41, 5.74) is -0.296. The Hall–Kier alpha value is -2.34. The lowest BCUT2D eigenvalue weighted by molar-refractivity contribution is -0.160. The number of aliphatic hydroxyl groups is 1. The van der Waals surface area contributed by atoms with E-state index >= 15 is 0 Å². The van der Waals surface area contributed by atoms with Crippen LogP contribution >= 0.6 is 0 Å². The van der Waals surface area contributed by atoms with Crippen molar-refractivity contribution in [2.24, 2.45) is 0 Å². The van der Waals surface area contributed by atoms with E-state index in [2.05, 4.69) is 5.32 Å². The van der Waals surface area contributed by atoms with Gasteiger partial charge in [0.1, 0.15) is 6.04 Å². The summed E-state index contributed by atoms with van der Waals surface area (Å²) in [6, 6.07) is 2.74. The third kappa shape index (κ3) is 6.32. The molecule has 0 aliphatic carbocycles. The molecule has 29 heavy (non-hydrogen) atoms. The summed E-state index contributed by atoms with van der Waals surface area (Å²) in [6.07, 6.45) is -10.8. The van der Waals surface area contributed by atoms with E-state index in [1.165, 1.54) is 24.3 Å². The first-order valence-electron chi connectivity index (χ1n) is 8.60. The summed E-state index contributed by atoms with van der Waals surface area (Å²) in [7, 11) is 0. The first-order chi connectivity index (χ1) is 13.4. The number of carbonyl (C=O) groups excluding carboxylic acids is 2. The Morgan fingerprint density at radius 1 is 1.21 bits per heavy atom. The lowest BCUT2D eigenvalue weighted by atomic mass is 10.1. The van der Waals surface area contributed by atoms with Crippen molar-refractivity contribution in [1.29, 1.82) is 0 Å². The molecule has 0 radical (unpaired) electrons. The summed E-state index contributed by atoms with van der Waals surface area (Å²) in [6.45, 7) is -3.28. The van der Waals surface area contributed by atoms with Gasteiger partial charge >= 0.3 is 12.4 Å². The number of aliphatic hydroxyl groups excluding tert-OH is 1. The van der Waals surface area contributed by atoms with Crippen LogP contribution in [0.3, 0.4) is 0 Å². The number of nitrogens with zero attached hydrogens (tertiary/aromatic N) is 2. The highest BCUT2D eigenvalue weighted by molar-refractivity contribution is 6.05. The number of halogens is 6. The normalized spacial score (nSPS) is 17.7. The number of carbonyl (C=O) groups is 2. The van der Waals surface area contributed by atoms with Gasteiger partial charge in [-0.25, -0.2) is 0 Å². The topological polar surface area (TPSA) is 72.9 Å². The van der Waals surface area contributed by atoms with Crippen LogP contribution in [0.5, 0.6) is 0 Å². The zero-order valence-corrected chi connectivity index (χ0v) is 15.1. The summed E-state index contributed by atoms with van der Waals surface area (Å²) < 4.78 is 79.2. The molecule has 0 aromatic heterocycles. The van der Waals surface area contributed by atoms with Gasteiger partial charge in [-0.2, -0.15) is 26.3 Å². The molecule has 0 bridgehead atoms. The van der Waals surface area contributed by atoms with Crippen LogP contribution in [0, 0.1) is 0 Å². The van der Waals surface area contributed by atoms with Crippen molar-refractivity contribution in [3.05, 3.63) is 24.3 Å². The Labute approximate surface area is 162 Å². The van der Waals surface area contributed by atoms with Gasteiger partial charge in [-0.05, 0) is 18.6 Å². The van der Waals surface area contributed by atoms with E-state index in [1.54, 1.807) is 0 Å². The number of rotatable bonds is 6. The highest BCUT2D eigenvalue weighted by atomic mass is 19.4. The minimum Gasteiger partial charge on any atom is -0.396 e. The maximum absolute atomic E-state index is 13.6. The maximum atomic E-state index is 13.6. The van der Waals surface area contributed by atoms with Crippen LogP contribution in [0.2, 0.25) is 0 Å². The average molecular weight is 427 g/mol. The second-order valence-electron chi connectivity index (χ2n) is 6.49. The lowest BCUT2D eigenvalue weighted by Crippen LogP contribution is -2.53. The summed E-state index contributed by atoms with van der Waals surface area (Å²) in [5, 5.41) is 11.1. The van der Waals surface area contributed by atoms with Crippen LogP contribution in [0.4, 0.5) is 37.7 Å². The second-order valence-corrected chi connectivity index (χ2v) is 6.49. The fourth-order valence-corrected chi connectivity index (χ4v) is 3.03. The monoisotopic (exact) mass is 427 g/mol. The molecule has 1 unspecified atom stereocenters. The number of nitrogens with one attached hydrogen (secondary N) is 1. The largest absolute Gasteiger partial charge is 0.409 e. The van der Waals surface area contributed by atoms with Crippen molar-refractivity contribution >= 4 is 23.2 Å². The lowest BCUT2D eigenvalue weighted by Gasteiger charge is -2.33. The smallest absolute Gasteiger partial charge is 0.396 e. The molecule has 162 valence electrons. The predicted octanol–water partition coefficient (Wildman–Crippen LogP) is 2.54. The SMILES string of the molecule is O=C1CC(C(F)(F)F)N(C(=O)CN(CCCO)CC(F)(F)F)c2ccccc2N1. The number of fused-ring (bicyclic) bond motifs is 1. The molecule has 1 atom stereocenters. The molecule has 2 N–H and O–H groups in total. The molecule has 1 aromatic carbocycles. The Kier molecular flexibility index (Phi) is 7.11. The maximum Gasteiger partial charge on any atom is 0.409 e. The van der Waals surface area contributed by atoms with E-state index < -0.39 is 56.3 Å². The molecule has 1 heterocycles. The van der Waals surface area contributed by atoms with Crippen LogP contribution in [0.25, 0.3) is 0 Å². The van der Waals surface area contributed by atoms with E-state index in [9.17, 15) is 35.9 Å². The van der Waals surface area contributed by atoms with Crippen molar-refractivity contribution in [2.45, 2.75) is 31.2 Å². The van der Waals surface area contributed by atoms with Gasteiger partial charge in [0.05, 0.1) is 30.9 Å². The Bertz CT molecular complexity index is 738. The van der Waals surface area contributed by atoms with Gasteiger partial charge in [-0.3, -0.25) is 19.4 Å². The molecule has 12 heteroatoms. The minimum atomic E-state index is -4.98. The van der Waals surface area contributed by atoms with Gasteiger partial charge in [-0.1, -0.05) is 12.1 Å². The number of alkyl halides is 6. The molecule has 1 aromatic rings. The number of hydrogen-bond acceptors (Lipinski definition) is 4. The minimum absolute atomic E-state index is 0.0460. The molecule has 0 saturated heterocycles. The predicted molar refractivity (Wildman–Crippen MR) is 91.2 cm³/mol. The Morgan fingerprint density at radius 3 is 2.45 bits per heavy atom. The molecule has 0 spiro atoms. The third-order valence-corrected chi connectivity index (χ3v) is 4.17. The number of benzene rings is 1. The fourth-order valence-electron chi connectivity index (χ4n) is 3.03. The van der Waals surface area contributed by atoms with Crippen LogP contribution in [0.15, 0.2) is 24.3 Å². The molecule has 1 aliphatic rings. The molecule has 2 rings (SSSR count). The molecule has 2 amide bonds. The van der Waals surface area contributed by atoms with Gasteiger partial charge in [0.25, 0.3) is 0 Å². The second kappa shape index (κ2) is 8.99. The molecule has 0 saturated carbocycles. The molecule has 0 fully saturated rings. The van der Waals surface area contributed by atoms with Crippen LogP contribution in [-0.2, 0) is 9.59 Å². The van der Waals surface area contributed by atoms with Gasteiger partial charge in [0, 0.05) is 13.2 Å². The molecule has 1 aliphatic heterocycles. The Morgan fingerprint density at radius 2 is 1.86 bits per heavy atom. The first kappa shape index (κ1) is 22.9.